The predicted molar refractivity (Wildman–Crippen MR) is 83.5 cm³/mol. The van der Waals surface area contributed by atoms with Crippen molar-refractivity contribution in [2.24, 2.45) is 5.73 Å². The summed E-state index contributed by atoms with van der Waals surface area (Å²) in [4.78, 5) is 2.24. The van der Waals surface area contributed by atoms with Crippen molar-refractivity contribution in [3.63, 3.8) is 0 Å². The van der Waals surface area contributed by atoms with Crippen LogP contribution in [0.4, 0.5) is 11.4 Å². The Morgan fingerprint density at radius 2 is 1.84 bits per heavy atom. The van der Waals surface area contributed by atoms with Gasteiger partial charge in [0.15, 0.2) is 0 Å². The summed E-state index contributed by atoms with van der Waals surface area (Å²) < 4.78 is 0. The number of phenols is 1. The molecule has 2 aromatic rings. The number of thiocarbonyl (C=S) groups is 1. The fraction of sp³-hybridized carbons (Fsp3) is 0.0714. The lowest BCUT2D eigenvalue weighted by molar-refractivity contribution is 0.475. The second kappa shape index (κ2) is 5.47. The molecular formula is C14H13ClN2OS. The van der Waals surface area contributed by atoms with E-state index in [-0.39, 0.29) is 5.75 Å². The van der Waals surface area contributed by atoms with Crippen molar-refractivity contribution >= 4 is 40.2 Å². The van der Waals surface area contributed by atoms with Gasteiger partial charge in [-0.1, -0.05) is 23.8 Å². The molecule has 0 radical (unpaired) electrons. The van der Waals surface area contributed by atoms with Crippen LogP contribution in [0.1, 0.15) is 5.56 Å². The lowest BCUT2D eigenvalue weighted by Gasteiger charge is -2.21. The average Bonchev–Trinajstić information content (AvgIpc) is 2.38. The van der Waals surface area contributed by atoms with Crippen molar-refractivity contribution in [2.45, 2.75) is 0 Å². The van der Waals surface area contributed by atoms with Crippen LogP contribution in [-0.4, -0.2) is 17.1 Å². The SMILES string of the molecule is CN(c1ccc(O)cc1)c1ccc(C(N)=S)cc1Cl. The third-order valence-electron chi connectivity index (χ3n) is 2.83. The van der Waals surface area contributed by atoms with Crippen LogP contribution in [0.5, 0.6) is 5.75 Å². The van der Waals surface area contributed by atoms with Gasteiger partial charge in [-0.05, 0) is 42.5 Å². The minimum absolute atomic E-state index is 0.229. The molecule has 0 fully saturated rings. The molecule has 2 rings (SSSR count). The molecule has 0 aliphatic carbocycles. The third-order valence-corrected chi connectivity index (χ3v) is 3.37. The summed E-state index contributed by atoms with van der Waals surface area (Å²) in [5.41, 5.74) is 8.07. The highest BCUT2D eigenvalue weighted by molar-refractivity contribution is 7.80. The van der Waals surface area contributed by atoms with Crippen LogP contribution in [0.25, 0.3) is 0 Å². The number of nitrogens with two attached hydrogens (primary N) is 1. The first-order chi connectivity index (χ1) is 8.99. The Bertz CT molecular complexity index is 613. The fourth-order valence-electron chi connectivity index (χ4n) is 1.75. The van der Waals surface area contributed by atoms with Crippen LogP contribution in [0.2, 0.25) is 5.02 Å². The Morgan fingerprint density at radius 3 is 2.37 bits per heavy atom. The Balaban J connectivity index is 2.36. The molecule has 19 heavy (non-hydrogen) atoms. The van der Waals surface area contributed by atoms with Gasteiger partial charge in [-0.25, -0.2) is 0 Å². The van der Waals surface area contributed by atoms with Gasteiger partial charge in [-0.15, -0.1) is 0 Å². The number of benzene rings is 2. The molecule has 0 aliphatic rings. The number of anilines is 2. The summed E-state index contributed by atoms with van der Waals surface area (Å²) in [6, 6.07) is 12.3. The van der Waals surface area contributed by atoms with Crippen molar-refractivity contribution in [3.8, 4) is 5.75 Å². The highest BCUT2D eigenvalue weighted by Crippen LogP contribution is 2.31. The van der Waals surface area contributed by atoms with E-state index in [1.165, 1.54) is 0 Å². The van der Waals surface area contributed by atoms with Gasteiger partial charge in [0.05, 0.1) is 10.7 Å². The van der Waals surface area contributed by atoms with Gasteiger partial charge < -0.3 is 15.7 Å². The van der Waals surface area contributed by atoms with Gasteiger partial charge in [-0.2, -0.15) is 0 Å². The van der Waals surface area contributed by atoms with E-state index in [4.69, 9.17) is 29.6 Å². The van der Waals surface area contributed by atoms with E-state index in [9.17, 15) is 5.11 Å². The normalized spacial score (nSPS) is 10.2. The Morgan fingerprint density at radius 1 is 1.21 bits per heavy atom. The fourth-order valence-corrected chi connectivity index (χ4v) is 2.18. The van der Waals surface area contributed by atoms with Crippen LogP contribution in [0.3, 0.4) is 0 Å². The quantitative estimate of drug-likeness (QED) is 0.851. The van der Waals surface area contributed by atoms with Gasteiger partial charge >= 0.3 is 0 Å². The zero-order valence-electron chi connectivity index (χ0n) is 10.3. The summed E-state index contributed by atoms with van der Waals surface area (Å²) in [6.45, 7) is 0. The Labute approximate surface area is 122 Å². The summed E-state index contributed by atoms with van der Waals surface area (Å²) in [5, 5.41) is 9.86. The molecule has 0 unspecified atom stereocenters. The van der Waals surface area contributed by atoms with Crippen LogP contribution in [0, 0.1) is 0 Å². The molecule has 0 saturated carbocycles. The largest absolute Gasteiger partial charge is 0.508 e. The molecule has 0 heterocycles. The van der Waals surface area contributed by atoms with Gasteiger partial charge in [0, 0.05) is 18.3 Å². The number of aromatic hydroxyl groups is 1. The molecule has 0 saturated heterocycles. The van der Waals surface area contributed by atoms with Crippen LogP contribution >= 0.6 is 23.8 Å². The standard InChI is InChI=1S/C14H13ClN2OS/c1-17(10-3-5-11(18)6-4-10)13-7-2-9(14(16)19)8-12(13)15/h2-8,18H,1H3,(H2,16,19). The smallest absolute Gasteiger partial charge is 0.115 e. The Hall–Kier alpha value is -1.78. The molecular weight excluding hydrogens is 280 g/mol. The first kappa shape index (κ1) is 13.6. The Kier molecular flexibility index (Phi) is 3.93. The second-order valence-electron chi connectivity index (χ2n) is 4.11. The molecule has 5 heteroatoms. The third kappa shape index (κ3) is 2.97. The van der Waals surface area contributed by atoms with Crippen molar-refractivity contribution in [2.75, 3.05) is 11.9 Å². The summed E-state index contributed by atoms with van der Waals surface area (Å²) in [7, 11) is 1.90. The van der Waals surface area contributed by atoms with E-state index < -0.39 is 0 Å². The van der Waals surface area contributed by atoms with Crippen molar-refractivity contribution in [1.29, 1.82) is 0 Å². The molecule has 0 bridgehead atoms. The monoisotopic (exact) mass is 292 g/mol. The number of halogens is 1. The predicted octanol–water partition coefficient (Wildman–Crippen LogP) is 3.45. The molecule has 3 N–H and O–H groups in total. The van der Waals surface area contributed by atoms with E-state index in [0.717, 1.165) is 16.9 Å². The molecule has 0 aromatic heterocycles. The first-order valence-electron chi connectivity index (χ1n) is 5.61. The van der Waals surface area contributed by atoms with E-state index in [2.05, 4.69) is 0 Å². The molecule has 2 aromatic carbocycles. The van der Waals surface area contributed by atoms with E-state index >= 15 is 0 Å². The van der Waals surface area contributed by atoms with E-state index in [0.29, 0.717) is 10.0 Å². The van der Waals surface area contributed by atoms with Crippen LogP contribution < -0.4 is 10.6 Å². The van der Waals surface area contributed by atoms with E-state index in [1.807, 2.05) is 36.2 Å². The lowest BCUT2D eigenvalue weighted by atomic mass is 10.2. The topological polar surface area (TPSA) is 49.5 Å². The highest BCUT2D eigenvalue weighted by atomic mass is 35.5. The molecule has 3 nitrogen and oxygen atoms in total. The average molecular weight is 293 g/mol. The summed E-state index contributed by atoms with van der Waals surface area (Å²) in [6.07, 6.45) is 0. The van der Waals surface area contributed by atoms with Crippen LogP contribution in [-0.2, 0) is 0 Å². The molecule has 0 aliphatic heterocycles. The van der Waals surface area contributed by atoms with E-state index in [1.54, 1.807) is 18.2 Å². The van der Waals surface area contributed by atoms with Crippen LogP contribution in [0.15, 0.2) is 42.5 Å². The van der Waals surface area contributed by atoms with Crippen molar-refractivity contribution in [1.82, 2.24) is 0 Å². The zero-order valence-corrected chi connectivity index (χ0v) is 11.9. The second-order valence-corrected chi connectivity index (χ2v) is 4.95. The van der Waals surface area contributed by atoms with Gasteiger partial charge in [0.2, 0.25) is 0 Å². The minimum Gasteiger partial charge on any atom is -0.508 e. The van der Waals surface area contributed by atoms with Gasteiger partial charge in [0.1, 0.15) is 10.7 Å². The minimum atomic E-state index is 0.229. The summed E-state index contributed by atoms with van der Waals surface area (Å²) >= 11 is 11.2. The summed E-state index contributed by atoms with van der Waals surface area (Å²) in [5.74, 6) is 0.229. The maximum atomic E-state index is 9.29. The molecule has 0 spiro atoms. The molecule has 0 amide bonds. The zero-order chi connectivity index (χ0) is 14.0. The number of nitrogens with zero attached hydrogens (tertiary/aromatic N) is 1. The van der Waals surface area contributed by atoms with Gasteiger partial charge in [-0.3, -0.25) is 0 Å². The first-order valence-corrected chi connectivity index (χ1v) is 6.40. The molecule has 98 valence electrons. The lowest BCUT2D eigenvalue weighted by Crippen LogP contribution is -2.12. The maximum absolute atomic E-state index is 9.29. The van der Waals surface area contributed by atoms with Crippen molar-refractivity contribution < 1.29 is 5.11 Å². The number of hydrogen-bond acceptors (Lipinski definition) is 3. The number of phenolic OH excluding ortho intramolecular Hbond substituents is 1. The number of hydrogen-bond donors (Lipinski definition) is 2. The maximum Gasteiger partial charge on any atom is 0.115 e. The number of rotatable bonds is 3. The molecule has 0 atom stereocenters. The van der Waals surface area contributed by atoms with Crippen molar-refractivity contribution in [3.05, 3.63) is 53.1 Å². The van der Waals surface area contributed by atoms with Gasteiger partial charge in [0.25, 0.3) is 0 Å². The highest BCUT2D eigenvalue weighted by Gasteiger charge is 2.09.